The Kier molecular flexibility index (Phi) is 4.77. The van der Waals surface area contributed by atoms with Crippen LogP contribution in [0, 0.1) is 0 Å². The van der Waals surface area contributed by atoms with Crippen molar-refractivity contribution in [3.8, 4) is 0 Å². The first-order chi connectivity index (χ1) is 10.0. The van der Waals surface area contributed by atoms with E-state index in [0.29, 0.717) is 12.8 Å². The topological polar surface area (TPSA) is 63.4 Å². The van der Waals surface area contributed by atoms with E-state index in [1.54, 1.807) is 6.92 Å². The molecule has 0 bridgehead atoms. The average molecular weight is 357 g/mol. The fraction of sp³-hybridized carbons (Fsp3) is 0.538. The van der Waals surface area contributed by atoms with E-state index in [1.165, 1.54) is 0 Å². The van der Waals surface area contributed by atoms with E-state index in [9.17, 15) is 21.6 Å². The summed E-state index contributed by atoms with van der Waals surface area (Å²) in [7, 11) is -4.35. The normalized spacial score (nSPS) is 24.5. The SMILES string of the molecule is C[C@@H]1C[C@@H](N)CCN1S(=O)(=O)c1c(Cl)cccc1C(F)(F)F. The third-order valence-electron chi connectivity index (χ3n) is 3.69. The summed E-state index contributed by atoms with van der Waals surface area (Å²) in [6.07, 6.45) is -4.01. The molecule has 2 rings (SSSR count). The molecule has 0 spiro atoms. The molecule has 1 heterocycles. The highest BCUT2D eigenvalue weighted by Crippen LogP contribution is 2.39. The number of piperidine rings is 1. The van der Waals surface area contributed by atoms with Crippen LogP contribution in [0.3, 0.4) is 0 Å². The smallest absolute Gasteiger partial charge is 0.328 e. The molecular formula is C13H16ClF3N2O2S. The largest absolute Gasteiger partial charge is 0.417 e. The van der Waals surface area contributed by atoms with E-state index < -0.39 is 37.7 Å². The van der Waals surface area contributed by atoms with E-state index in [1.807, 2.05) is 0 Å². The molecule has 2 atom stereocenters. The van der Waals surface area contributed by atoms with Crippen LogP contribution in [0.25, 0.3) is 0 Å². The lowest BCUT2D eigenvalue weighted by atomic mass is 10.0. The zero-order chi connectivity index (χ0) is 16.7. The van der Waals surface area contributed by atoms with Crippen LogP contribution in [0.1, 0.15) is 25.3 Å². The molecule has 1 aromatic carbocycles. The number of hydrogen-bond acceptors (Lipinski definition) is 3. The summed E-state index contributed by atoms with van der Waals surface area (Å²) >= 11 is 5.79. The summed E-state index contributed by atoms with van der Waals surface area (Å²) in [6, 6.07) is 2.31. The van der Waals surface area contributed by atoms with Gasteiger partial charge in [0.15, 0.2) is 0 Å². The van der Waals surface area contributed by atoms with Crippen LogP contribution in [-0.2, 0) is 16.2 Å². The van der Waals surface area contributed by atoms with Crippen molar-refractivity contribution in [3.05, 3.63) is 28.8 Å². The van der Waals surface area contributed by atoms with Gasteiger partial charge in [0.05, 0.1) is 10.6 Å². The van der Waals surface area contributed by atoms with E-state index in [4.69, 9.17) is 17.3 Å². The molecule has 0 amide bonds. The molecule has 1 saturated heterocycles. The lowest BCUT2D eigenvalue weighted by molar-refractivity contribution is -0.139. The highest BCUT2D eigenvalue weighted by molar-refractivity contribution is 7.89. The third kappa shape index (κ3) is 3.24. The zero-order valence-corrected chi connectivity index (χ0v) is 13.3. The molecular weight excluding hydrogens is 341 g/mol. The highest BCUT2D eigenvalue weighted by atomic mass is 35.5. The fourth-order valence-corrected chi connectivity index (χ4v) is 5.04. The Morgan fingerprint density at radius 2 is 2.00 bits per heavy atom. The number of hydrogen-bond donors (Lipinski definition) is 1. The number of nitrogens with two attached hydrogens (primary N) is 1. The van der Waals surface area contributed by atoms with Gasteiger partial charge in [0.2, 0.25) is 10.0 Å². The van der Waals surface area contributed by atoms with Gasteiger partial charge in [-0.2, -0.15) is 17.5 Å². The molecule has 0 aromatic heterocycles. The molecule has 9 heteroatoms. The summed E-state index contributed by atoms with van der Waals surface area (Å²) in [4.78, 5) is -0.883. The van der Waals surface area contributed by atoms with Gasteiger partial charge in [0.25, 0.3) is 0 Å². The predicted octanol–water partition coefficient (Wildman–Crippen LogP) is 2.86. The Bertz CT molecular complexity index is 664. The first-order valence-electron chi connectivity index (χ1n) is 6.68. The summed E-state index contributed by atoms with van der Waals surface area (Å²) in [6.45, 7) is 1.70. The molecule has 1 fully saturated rings. The van der Waals surface area contributed by atoms with Crippen LogP contribution < -0.4 is 5.73 Å². The third-order valence-corrected chi connectivity index (χ3v) is 6.24. The zero-order valence-electron chi connectivity index (χ0n) is 11.8. The number of alkyl halides is 3. The van der Waals surface area contributed by atoms with Gasteiger partial charge in [-0.05, 0) is 31.9 Å². The molecule has 0 saturated carbocycles. The number of nitrogens with zero attached hydrogens (tertiary/aromatic N) is 1. The summed E-state index contributed by atoms with van der Waals surface area (Å²) < 4.78 is 65.8. The van der Waals surface area contributed by atoms with Crippen LogP contribution in [0.5, 0.6) is 0 Å². The summed E-state index contributed by atoms with van der Waals surface area (Å²) in [5.41, 5.74) is 4.52. The van der Waals surface area contributed by atoms with Crippen LogP contribution >= 0.6 is 11.6 Å². The molecule has 4 nitrogen and oxygen atoms in total. The summed E-state index contributed by atoms with van der Waals surface area (Å²) in [5, 5.41) is -0.433. The van der Waals surface area contributed by atoms with Crippen molar-refractivity contribution < 1.29 is 21.6 Å². The molecule has 124 valence electrons. The first kappa shape index (κ1) is 17.5. The maximum atomic E-state index is 13.1. The van der Waals surface area contributed by atoms with Gasteiger partial charge >= 0.3 is 6.18 Å². The number of sulfonamides is 1. The van der Waals surface area contributed by atoms with Gasteiger partial charge in [0, 0.05) is 18.6 Å². The van der Waals surface area contributed by atoms with E-state index in [0.717, 1.165) is 22.5 Å². The van der Waals surface area contributed by atoms with Gasteiger partial charge in [-0.15, -0.1) is 0 Å². The Balaban J connectivity index is 2.55. The number of benzene rings is 1. The average Bonchev–Trinajstić information content (AvgIpc) is 2.36. The van der Waals surface area contributed by atoms with Crippen molar-refractivity contribution in [2.24, 2.45) is 5.73 Å². The van der Waals surface area contributed by atoms with Crippen molar-refractivity contribution in [3.63, 3.8) is 0 Å². The minimum Gasteiger partial charge on any atom is -0.328 e. The van der Waals surface area contributed by atoms with E-state index in [2.05, 4.69) is 0 Å². The van der Waals surface area contributed by atoms with Gasteiger partial charge in [-0.25, -0.2) is 8.42 Å². The van der Waals surface area contributed by atoms with Crippen LogP contribution in [0.4, 0.5) is 13.2 Å². The van der Waals surface area contributed by atoms with Crippen molar-refractivity contribution in [2.75, 3.05) is 6.54 Å². The van der Waals surface area contributed by atoms with Crippen molar-refractivity contribution in [1.82, 2.24) is 4.31 Å². The monoisotopic (exact) mass is 356 g/mol. The minimum absolute atomic E-state index is 0.0766. The predicted molar refractivity (Wildman–Crippen MR) is 77.0 cm³/mol. The van der Waals surface area contributed by atoms with E-state index in [-0.39, 0.29) is 12.6 Å². The van der Waals surface area contributed by atoms with Crippen LogP contribution in [-0.4, -0.2) is 31.4 Å². The minimum atomic E-state index is -4.80. The maximum absolute atomic E-state index is 13.1. The molecule has 1 aromatic rings. The second kappa shape index (κ2) is 5.99. The van der Waals surface area contributed by atoms with E-state index >= 15 is 0 Å². The quantitative estimate of drug-likeness (QED) is 0.886. The van der Waals surface area contributed by atoms with Crippen molar-refractivity contribution in [2.45, 2.75) is 42.9 Å². The molecule has 1 aliphatic heterocycles. The molecule has 1 aliphatic rings. The van der Waals surface area contributed by atoms with Crippen LogP contribution in [0.15, 0.2) is 23.1 Å². The lowest BCUT2D eigenvalue weighted by Gasteiger charge is -2.35. The molecule has 0 radical (unpaired) electrons. The van der Waals surface area contributed by atoms with Gasteiger partial charge in [0.1, 0.15) is 4.90 Å². The molecule has 22 heavy (non-hydrogen) atoms. The Morgan fingerprint density at radius 3 is 2.55 bits per heavy atom. The second-order valence-corrected chi connectivity index (χ2v) is 7.60. The molecule has 0 unspecified atom stereocenters. The second-order valence-electron chi connectivity index (χ2n) is 5.36. The van der Waals surface area contributed by atoms with Crippen molar-refractivity contribution in [1.29, 1.82) is 0 Å². The number of rotatable bonds is 2. The van der Waals surface area contributed by atoms with Gasteiger partial charge in [-0.3, -0.25) is 0 Å². The van der Waals surface area contributed by atoms with Gasteiger partial charge < -0.3 is 5.73 Å². The lowest BCUT2D eigenvalue weighted by Crippen LogP contribution is -2.48. The fourth-order valence-electron chi connectivity index (χ4n) is 2.66. The van der Waals surface area contributed by atoms with Crippen molar-refractivity contribution >= 4 is 21.6 Å². The molecule has 2 N–H and O–H groups in total. The Labute approximate surface area is 132 Å². The Hall–Kier alpha value is -0.830. The van der Waals surface area contributed by atoms with Gasteiger partial charge in [-0.1, -0.05) is 17.7 Å². The molecule has 0 aliphatic carbocycles. The Morgan fingerprint density at radius 1 is 1.36 bits per heavy atom. The first-order valence-corrected chi connectivity index (χ1v) is 8.50. The maximum Gasteiger partial charge on any atom is 0.417 e. The van der Waals surface area contributed by atoms with Crippen LogP contribution in [0.2, 0.25) is 5.02 Å². The highest BCUT2D eigenvalue weighted by Gasteiger charge is 2.42. The summed E-state index contributed by atoms with van der Waals surface area (Å²) in [5.74, 6) is 0. The standard InChI is InChI=1S/C13H16ClF3N2O2S/c1-8-7-9(18)5-6-19(8)22(20,21)12-10(13(15,16)17)3-2-4-11(12)14/h2-4,8-9H,5-7,18H2,1H3/t8-,9+/m1/s1. The number of halogens is 4.